The Morgan fingerprint density at radius 2 is 1.56 bits per heavy atom. The van der Waals surface area contributed by atoms with Crippen LogP contribution in [0.1, 0.15) is 37.0 Å². The quantitative estimate of drug-likeness (QED) is 0.161. The molecule has 258 valence electrons. The third-order valence-corrected chi connectivity index (χ3v) is 9.00. The molecule has 1 fully saturated rings. The number of hydrogen-bond acceptors (Lipinski definition) is 7. The van der Waals surface area contributed by atoms with Crippen molar-refractivity contribution < 1.29 is 29.3 Å². The number of rotatable bonds is 15. The maximum Gasteiger partial charge on any atom is 0.407 e. The van der Waals surface area contributed by atoms with Crippen molar-refractivity contribution in [3.05, 3.63) is 106 Å². The molecule has 10 nitrogen and oxygen atoms in total. The van der Waals surface area contributed by atoms with Gasteiger partial charge in [-0.2, -0.15) is 0 Å². The zero-order valence-corrected chi connectivity index (χ0v) is 28.7. The van der Waals surface area contributed by atoms with E-state index in [0.717, 1.165) is 24.2 Å². The van der Waals surface area contributed by atoms with Gasteiger partial charge in [0.1, 0.15) is 6.10 Å². The lowest BCUT2D eigenvalue weighted by molar-refractivity contribution is -0.140. The van der Waals surface area contributed by atoms with E-state index in [1.54, 1.807) is 32.0 Å². The molecule has 0 aromatic heterocycles. The molecule has 1 aliphatic rings. The van der Waals surface area contributed by atoms with Crippen LogP contribution in [-0.4, -0.2) is 83.1 Å². The van der Waals surface area contributed by atoms with Crippen molar-refractivity contribution in [1.82, 2.24) is 20.9 Å². The molecule has 1 saturated heterocycles. The van der Waals surface area contributed by atoms with E-state index >= 15 is 0 Å². The van der Waals surface area contributed by atoms with Crippen LogP contribution in [0.2, 0.25) is 10.0 Å². The van der Waals surface area contributed by atoms with Crippen LogP contribution in [0.15, 0.2) is 78.9 Å². The predicted octanol–water partition coefficient (Wildman–Crippen LogP) is 4.13. The molecular weight excluding hydrogens is 655 g/mol. The minimum Gasteiger partial charge on any atom is -0.436 e. The summed E-state index contributed by atoms with van der Waals surface area (Å²) in [5.74, 6) is -1.87. The summed E-state index contributed by atoms with van der Waals surface area (Å²) in [6, 6.07) is 23.1. The molecule has 0 spiro atoms. The monoisotopic (exact) mass is 698 g/mol. The van der Waals surface area contributed by atoms with Crippen LogP contribution in [0.3, 0.4) is 0 Å². The Kier molecular flexibility index (Phi) is 14.1. The van der Waals surface area contributed by atoms with Crippen molar-refractivity contribution in [1.29, 1.82) is 0 Å². The molecule has 0 aliphatic carbocycles. The normalized spacial score (nSPS) is 17.3. The van der Waals surface area contributed by atoms with Gasteiger partial charge < -0.3 is 30.9 Å². The molecule has 0 bridgehead atoms. The fraction of sp³-hybridized carbons (Fsp3) is 0.417. The first kappa shape index (κ1) is 37.2. The van der Waals surface area contributed by atoms with Crippen molar-refractivity contribution in [3.63, 3.8) is 0 Å². The predicted molar refractivity (Wildman–Crippen MR) is 186 cm³/mol. The molecule has 3 amide bonds. The SMILES string of the molecule is CC(C)C(OC(=O)NCCc1ccccc1)C(=O)NC(Cc1ccc(Cl)c(Cl)c1)C(O)C(O)C(=O)NC1CCN(Cc2ccccc2)C1. The summed E-state index contributed by atoms with van der Waals surface area (Å²) >= 11 is 12.3. The lowest BCUT2D eigenvalue weighted by atomic mass is 9.96. The Morgan fingerprint density at radius 3 is 2.21 bits per heavy atom. The van der Waals surface area contributed by atoms with Crippen LogP contribution in [0.4, 0.5) is 4.79 Å². The van der Waals surface area contributed by atoms with Crippen LogP contribution in [0, 0.1) is 5.92 Å². The first-order chi connectivity index (χ1) is 23.0. The van der Waals surface area contributed by atoms with E-state index in [4.69, 9.17) is 27.9 Å². The lowest BCUT2D eigenvalue weighted by Gasteiger charge is -2.30. The lowest BCUT2D eigenvalue weighted by Crippen LogP contribution is -2.57. The summed E-state index contributed by atoms with van der Waals surface area (Å²) < 4.78 is 5.50. The van der Waals surface area contributed by atoms with Gasteiger partial charge in [0.2, 0.25) is 0 Å². The first-order valence-electron chi connectivity index (χ1n) is 16.2. The van der Waals surface area contributed by atoms with Crippen molar-refractivity contribution >= 4 is 41.1 Å². The molecule has 0 radical (unpaired) electrons. The van der Waals surface area contributed by atoms with Crippen molar-refractivity contribution in [2.75, 3.05) is 19.6 Å². The molecule has 3 aromatic rings. The summed E-state index contributed by atoms with van der Waals surface area (Å²) in [7, 11) is 0. The topological polar surface area (TPSA) is 140 Å². The van der Waals surface area contributed by atoms with Gasteiger partial charge in [0.15, 0.2) is 12.2 Å². The molecule has 48 heavy (non-hydrogen) atoms. The first-order valence-corrected chi connectivity index (χ1v) is 16.9. The highest BCUT2D eigenvalue weighted by atomic mass is 35.5. The van der Waals surface area contributed by atoms with Gasteiger partial charge in [0, 0.05) is 32.2 Å². The van der Waals surface area contributed by atoms with Gasteiger partial charge in [-0.3, -0.25) is 14.5 Å². The van der Waals surface area contributed by atoms with E-state index in [2.05, 4.69) is 20.9 Å². The van der Waals surface area contributed by atoms with Gasteiger partial charge in [-0.1, -0.05) is 104 Å². The summed E-state index contributed by atoms with van der Waals surface area (Å²) in [5, 5.41) is 31.2. The molecule has 12 heteroatoms. The Morgan fingerprint density at radius 1 is 0.896 bits per heavy atom. The van der Waals surface area contributed by atoms with Gasteiger partial charge in [-0.05, 0) is 54.0 Å². The van der Waals surface area contributed by atoms with Gasteiger partial charge >= 0.3 is 6.09 Å². The van der Waals surface area contributed by atoms with Crippen LogP contribution < -0.4 is 16.0 Å². The number of aliphatic hydroxyl groups excluding tert-OH is 2. The maximum absolute atomic E-state index is 13.5. The Balaban J connectivity index is 1.39. The molecular formula is C36H44Cl2N4O6. The number of carbonyl (C=O) groups is 3. The summed E-state index contributed by atoms with van der Waals surface area (Å²) in [6.07, 6.45) is -4.29. The molecule has 5 unspecified atom stereocenters. The number of nitrogens with zero attached hydrogens (tertiary/aromatic N) is 1. The van der Waals surface area contributed by atoms with E-state index in [-0.39, 0.29) is 17.5 Å². The largest absolute Gasteiger partial charge is 0.436 e. The number of carbonyl (C=O) groups excluding carboxylic acids is 3. The number of nitrogens with one attached hydrogen (secondary N) is 3. The highest BCUT2D eigenvalue weighted by molar-refractivity contribution is 6.42. The fourth-order valence-electron chi connectivity index (χ4n) is 5.64. The smallest absolute Gasteiger partial charge is 0.407 e. The number of aliphatic hydroxyl groups is 2. The number of amides is 3. The summed E-state index contributed by atoms with van der Waals surface area (Å²) in [5.41, 5.74) is 2.79. The standard InChI is InChI=1S/C36H44Cl2N4O6/c1-23(2)33(48-36(47)39-17-15-24-9-5-3-6-10-24)35(46)41-30(20-26-13-14-28(37)29(38)19-26)31(43)32(44)34(45)40-27-16-18-42(22-27)21-25-11-7-4-8-12-25/h3-14,19,23,27,30-33,43-44H,15-18,20-22H2,1-2H3,(H,39,47)(H,40,45)(H,41,46). The van der Waals surface area contributed by atoms with E-state index < -0.39 is 48.2 Å². The number of halogens is 2. The van der Waals surface area contributed by atoms with Gasteiger partial charge in [0.25, 0.3) is 11.8 Å². The molecule has 5 atom stereocenters. The molecule has 1 heterocycles. The molecule has 0 saturated carbocycles. The van der Waals surface area contributed by atoms with E-state index in [0.29, 0.717) is 36.5 Å². The van der Waals surface area contributed by atoms with E-state index in [1.165, 1.54) is 0 Å². The van der Waals surface area contributed by atoms with Gasteiger partial charge in [-0.25, -0.2) is 4.79 Å². The summed E-state index contributed by atoms with van der Waals surface area (Å²) in [4.78, 5) is 41.5. The fourth-order valence-corrected chi connectivity index (χ4v) is 5.96. The van der Waals surface area contributed by atoms with Gasteiger partial charge in [-0.15, -0.1) is 0 Å². The molecule has 3 aromatic carbocycles. The Labute approximate surface area is 291 Å². The molecule has 4 rings (SSSR count). The Bertz CT molecular complexity index is 1500. The maximum atomic E-state index is 13.5. The highest BCUT2D eigenvalue weighted by Crippen LogP contribution is 2.24. The number of benzene rings is 3. The van der Waals surface area contributed by atoms with Crippen LogP contribution in [0.25, 0.3) is 0 Å². The van der Waals surface area contributed by atoms with Crippen LogP contribution in [0.5, 0.6) is 0 Å². The minimum absolute atomic E-state index is 0.00347. The van der Waals surface area contributed by atoms with Gasteiger partial charge in [0.05, 0.1) is 16.1 Å². The summed E-state index contributed by atoms with van der Waals surface area (Å²) in [6.45, 7) is 5.84. The minimum atomic E-state index is -1.86. The number of likely N-dealkylation sites (tertiary alicyclic amines) is 1. The molecule has 5 N–H and O–H groups in total. The average molecular weight is 700 g/mol. The van der Waals surface area contributed by atoms with Crippen molar-refractivity contribution in [2.24, 2.45) is 5.92 Å². The van der Waals surface area contributed by atoms with E-state index in [9.17, 15) is 24.6 Å². The van der Waals surface area contributed by atoms with E-state index in [1.807, 2.05) is 60.7 Å². The zero-order valence-electron chi connectivity index (χ0n) is 27.1. The Hall–Kier alpha value is -3.67. The third kappa shape index (κ3) is 11.2. The van der Waals surface area contributed by atoms with Crippen molar-refractivity contribution in [2.45, 2.75) is 70.1 Å². The second-order valence-electron chi connectivity index (χ2n) is 12.5. The third-order valence-electron chi connectivity index (χ3n) is 8.26. The highest BCUT2D eigenvalue weighted by Gasteiger charge is 2.37. The number of hydrogen-bond donors (Lipinski definition) is 5. The van der Waals surface area contributed by atoms with Crippen LogP contribution in [-0.2, 0) is 33.7 Å². The second-order valence-corrected chi connectivity index (χ2v) is 13.3. The number of alkyl carbamates (subject to hydrolysis) is 1. The van der Waals surface area contributed by atoms with Crippen LogP contribution >= 0.6 is 23.2 Å². The average Bonchev–Trinajstić information content (AvgIpc) is 3.51. The van der Waals surface area contributed by atoms with Crippen molar-refractivity contribution in [3.8, 4) is 0 Å². The second kappa shape index (κ2) is 18.2. The number of ether oxygens (including phenoxy) is 1. The zero-order chi connectivity index (χ0) is 34.6. The molecule has 1 aliphatic heterocycles.